The van der Waals surface area contributed by atoms with Gasteiger partial charge in [-0.2, -0.15) is 0 Å². The number of ether oxygens (including phenoxy) is 1. The Kier molecular flexibility index (Phi) is 6.54. The Labute approximate surface area is 171 Å². The monoisotopic (exact) mass is 414 g/mol. The van der Waals surface area contributed by atoms with Gasteiger partial charge in [0.05, 0.1) is 17.2 Å². The number of aliphatic hydroxyl groups is 1. The van der Waals surface area contributed by atoms with Crippen LogP contribution in [0.1, 0.15) is 23.7 Å². The SMILES string of the molecule is COCCn1cccc1C(C)(O)c1ccc(CNS(=O)(=O)c2ccccc2)cc1. The number of benzene rings is 2. The largest absolute Gasteiger partial charge is 0.383 e. The molecule has 1 heterocycles. The molecule has 0 saturated carbocycles. The number of methoxy groups -OCH3 is 1. The summed E-state index contributed by atoms with van der Waals surface area (Å²) in [6, 6.07) is 19.3. The molecule has 1 unspecified atom stereocenters. The van der Waals surface area contributed by atoms with Crippen LogP contribution in [0.4, 0.5) is 0 Å². The standard InChI is InChI=1S/C22H26N2O4S/c1-22(25,21-9-6-14-24(21)15-16-28-2)19-12-10-18(11-13-19)17-23-29(26,27)20-7-4-3-5-8-20/h3-14,23,25H,15-17H2,1-2H3. The molecule has 2 N–H and O–H groups in total. The Morgan fingerprint density at radius 1 is 1.03 bits per heavy atom. The van der Waals surface area contributed by atoms with Crippen LogP contribution >= 0.6 is 0 Å². The Bertz CT molecular complexity index is 1030. The number of nitrogens with zero attached hydrogens (tertiary/aromatic N) is 1. The molecule has 0 amide bonds. The van der Waals surface area contributed by atoms with Gasteiger partial charge in [-0.25, -0.2) is 13.1 Å². The van der Waals surface area contributed by atoms with Gasteiger partial charge in [0.25, 0.3) is 0 Å². The number of nitrogens with one attached hydrogen (secondary N) is 1. The van der Waals surface area contributed by atoms with E-state index in [1.807, 2.05) is 47.2 Å². The first-order chi connectivity index (χ1) is 13.8. The van der Waals surface area contributed by atoms with Gasteiger partial charge in [-0.3, -0.25) is 0 Å². The lowest BCUT2D eigenvalue weighted by Crippen LogP contribution is -2.27. The summed E-state index contributed by atoms with van der Waals surface area (Å²) < 4.78 is 34.4. The second-order valence-corrected chi connectivity index (χ2v) is 8.75. The fourth-order valence-electron chi connectivity index (χ4n) is 3.20. The predicted molar refractivity (Wildman–Crippen MR) is 112 cm³/mol. The van der Waals surface area contributed by atoms with E-state index in [0.29, 0.717) is 13.2 Å². The smallest absolute Gasteiger partial charge is 0.240 e. The minimum atomic E-state index is -3.56. The molecule has 0 spiro atoms. The third-order valence-electron chi connectivity index (χ3n) is 4.90. The molecule has 0 bridgehead atoms. The molecule has 0 radical (unpaired) electrons. The van der Waals surface area contributed by atoms with Crippen molar-refractivity contribution >= 4 is 10.0 Å². The zero-order chi connectivity index (χ0) is 20.9. The first kappa shape index (κ1) is 21.3. The molecular weight excluding hydrogens is 388 g/mol. The van der Waals surface area contributed by atoms with Crippen molar-refractivity contribution in [1.82, 2.24) is 9.29 Å². The Balaban J connectivity index is 1.72. The first-order valence-corrected chi connectivity index (χ1v) is 10.8. The molecule has 6 nitrogen and oxygen atoms in total. The van der Waals surface area contributed by atoms with Gasteiger partial charge in [0, 0.05) is 26.4 Å². The van der Waals surface area contributed by atoms with Crippen LogP contribution in [-0.2, 0) is 33.5 Å². The zero-order valence-electron chi connectivity index (χ0n) is 16.6. The van der Waals surface area contributed by atoms with E-state index in [-0.39, 0.29) is 11.4 Å². The highest BCUT2D eigenvalue weighted by Crippen LogP contribution is 2.29. The summed E-state index contributed by atoms with van der Waals surface area (Å²) in [6.07, 6.45) is 1.91. The van der Waals surface area contributed by atoms with Crippen molar-refractivity contribution < 1.29 is 18.3 Å². The summed E-state index contributed by atoms with van der Waals surface area (Å²) in [4.78, 5) is 0.233. The lowest BCUT2D eigenvalue weighted by atomic mass is 9.91. The minimum Gasteiger partial charge on any atom is -0.383 e. The quantitative estimate of drug-likeness (QED) is 0.564. The molecule has 0 aliphatic heterocycles. The van der Waals surface area contributed by atoms with Crippen molar-refractivity contribution in [2.75, 3.05) is 13.7 Å². The van der Waals surface area contributed by atoms with Gasteiger partial charge in [0.2, 0.25) is 10.0 Å². The van der Waals surface area contributed by atoms with Gasteiger partial charge in [-0.15, -0.1) is 0 Å². The van der Waals surface area contributed by atoms with Gasteiger partial charge in [-0.05, 0) is 42.3 Å². The van der Waals surface area contributed by atoms with Crippen LogP contribution < -0.4 is 4.72 Å². The molecule has 3 aromatic rings. The number of aromatic nitrogens is 1. The summed E-state index contributed by atoms with van der Waals surface area (Å²) >= 11 is 0. The van der Waals surface area contributed by atoms with Gasteiger partial charge >= 0.3 is 0 Å². The van der Waals surface area contributed by atoms with Crippen LogP contribution in [0.5, 0.6) is 0 Å². The van der Waals surface area contributed by atoms with Crippen LogP contribution in [0.3, 0.4) is 0 Å². The zero-order valence-corrected chi connectivity index (χ0v) is 17.4. The highest BCUT2D eigenvalue weighted by Gasteiger charge is 2.28. The Morgan fingerprint density at radius 2 is 1.72 bits per heavy atom. The molecule has 0 fully saturated rings. The van der Waals surface area contributed by atoms with E-state index in [0.717, 1.165) is 16.8 Å². The molecule has 0 aliphatic rings. The maximum absolute atomic E-state index is 12.3. The maximum atomic E-state index is 12.3. The second kappa shape index (κ2) is 8.92. The third-order valence-corrected chi connectivity index (χ3v) is 6.32. The van der Waals surface area contributed by atoms with Crippen LogP contribution in [-0.4, -0.2) is 31.8 Å². The molecule has 3 rings (SSSR count). The first-order valence-electron chi connectivity index (χ1n) is 9.35. The lowest BCUT2D eigenvalue weighted by Gasteiger charge is -2.26. The van der Waals surface area contributed by atoms with E-state index in [2.05, 4.69) is 4.72 Å². The molecule has 7 heteroatoms. The molecule has 154 valence electrons. The molecule has 0 saturated heterocycles. The summed E-state index contributed by atoms with van der Waals surface area (Å²) in [6.45, 7) is 3.12. The average molecular weight is 415 g/mol. The fourth-order valence-corrected chi connectivity index (χ4v) is 4.24. The molecular formula is C22H26N2O4S. The van der Waals surface area contributed by atoms with E-state index in [1.165, 1.54) is 0 Å². The van der Waals surface area contributed by atoms with E-state index >= 15 is 0 Å². The van der Waals surface area contributed by atoms with Crippen molar-refractivity contribution in [2.24, 2.45) is 0 Å². The van der Waals surface area contributed by atoms with Crippen LogP contribution in [0.15, 0.2) is 77.8 Å². The Morgan fingerprint density at radius 3 is 2.38 bits per heavy atom. The normalized spacial score (nSPS) is 13.9. The molecule has 1 atom stereocenters. The van der Waals surface area contributed by atoms with Gasteiger partial charge in [-0.1, -0.05) is 42.5 Å². The maximum Gasteiger partial charge on any atom is 0.240 e. The summed E-state index contributed by atoms with van der Waals surface area (Å²) in [5.74, 6) is 0. The highest BCUT2D eigenvalue weighted by molar-refractivity contribution is 7.89. The average Bonchev–Trinajstić information content (AvgIpc) is 3.21. The molecule has 2 aromatic carbocycles. The van der Waals surface area contributed by atoms with Gasteiger partial charge < -0.3 is 14.4 Å². The van der Waals surface area contributed by atoms with Crippen molar-refractivity contribution in [3.63, 3.8) is 0 Å². The van der Waals surface area contributed by atoms with Crippen molar-refractivity contribution in [2.45, 2.75) is 30.5 Å². The number of rotatable bonds is 9. The van der Waals surface area contributed by atoms with E-state index in [1.54, 1.807) is 44.4 Å². The van der Waals surface area contributed by atoms with Gasteiger partial charge in [0.15, 0.2) is 0 Å². The molecule has 0 aliphatic carbocycles. The molecule has 29 heavy (non-hydrogen) atoms. The lowest BCUT2D eigenvalue weighted by molar-refractivity contribution is 0.0904. The van der Waals surface area contributed by atoms with E-state index < -0.39 is 15.6 Å². The van der Waals surface area contributed by atoms with Crippen molar-refractivity contribution in [1.29, 1.82) is 0 Å². The summed E-state index contributed by atoms with van der Waals surface area (Å²) in [5.41, 5.74) is 1.12. The van der Waals surface area contributed by atoms with Crippen molar-refractivity contribution in [3.05, 3.63) is 89.7 Å². The number of hydrogen-bond donors (Lipinski definition) is 2. The third kappa shape index (κ3) is 4.94. The Hall–Kier alpha value is -2.45. The minimum absolute atomic E-state index is 0.171. The molecule has 1 aromatic heterocycles. The number of hydrogen-bond acceptors (Lipinski definition) is 4. The van der Waals surface area contributed by atoms with Crippen LogP contribution in [0.2, 0.25) is 0 Å². The predicted octanol–water partition coefficient (Wildman–Crippen LogP) is 2.87. The van der Waals surface area contributed by atoms with Crippen LogP contribution in [0, 0.1) is 0 Å². The summed E-state index contributed by atoms with van der Waals surface area (Å²) in [7, 11) is -1.92. The second-order valence-electron chi connectivity index (χ2n) is 6.99. The summed E-state index contributed by atoms with van der Waals surface area (Å²) in [5, 5.41) is 11.2. The highest BCUT2D eigenvalue weighted by atomic mass is 32.2. The number of sulfonamides is 1. The van der Waals surface area contributed by atoms with E-state index in [4.69, 9.17) is 4.74 Å². The van der Waals surface area contributed by atoms with Crippen molar-refractivity contribution in [3.8, 4) is 0 Å². The van der Waals surface area contributed by atoms with E-state index in [9.17, 15) is 13.5 Å². The fraction of sp³-hybridized carbons (Fsp3) is 0.273. The van der Waals surface area contributed by atoms with Gasteiger partial charge in [0.1, 0.15) is 5.60 Å². The van der Waals surface area contributed by atoms with Crippen LogP contribution in [0.25, 0.3) is 0 Å². The topological polar surface area (TPSA) is 80.6 Å².